The highest BCUT2D eigenvalue weighted by Crippen LogP contribution is 2.33. The lowest BCUT2D eigenvalue weighted by molar-refractivity contribution is -0.176. The molecule has 2 heterocycles. The summed E-state index contributed by atoms with van der Waals surface area (Å²) >= 11 is 0. The molecule has 3 aromatic carbocycles. The quantitative estimate of drug-likeness (QED) is 0.0255. The third kappa shape index (κ3) is 22.5. The fourth-order valence-electron chi connectivity index (χ4n) is 7.00. The Hall–Kier alpha value is -4.93. The first-order valence-electron chi connectivity index (χ1n) is 23.5. The standard InChI is InChI=1S/C29H35F3O6.C24H36O6/c1-4-8-21-10-7-12-23(28(21)37-18-25-17-35-25)15-22-11-6-9-20(3)27(22)36-16-24(38-26(33)5-2)13-14-34-19-29(30,31)32;1-5-20(11-19(4)12-26-14-22-16-29-22)13-27-15-23(30-24(25)18(2)3)17-28-21-9-7-6-8-10-21/h5-7,9-12,24-25H,2,4,8,13-19H2,1,3H3;6-10,19-20,22-23H,2,5,11-17H2,1,3-4H3. The minimum absolute atomic E-state index is 0.0389. The van der Waals surface area contributed by atoms with Crippen molar-refractivity contribution >= 4 is 11.9 Å². The molecule has 2 saturated heterocycles. The zero-order valence-electron chi connectivity index (χ0n) is 40.4. The summed E-state index contributed by atoms with van der Waals surface area (Å²) in [6.07, 6.45) is 0.199. The van der Waals surface area contributed by atoms with Gasteiger partial charge in [-0.3, -0.25) is 0 Å². The molecular formula is C53H71F3O12. The molecule has 0 spiro atoms. The number of carbonyl (C=O) groups is 2. The van der Waals surface area contributed by atoms with E-state index in [4.69, 9.17) is 47.4 Å². The van der Waals surface area contributed by atoms with Crippen LogP contribution < -0.4 is 14.2 Å². The number of carbonyl (C=O) groups excluding carboxylic acids is 2. The summed E-state index contributed by atoms with van der Waals surface area (Å²) in [6, 6.07) is 21.4. The number of hydrogen-bond acceptors (Lipinski definition) is 12. The van der Waals surface area contributed by atoms with Crippen LogP contribution in [0, 0.1) is 18.8 Å². The Kier molecular flexibility index (Phi) is 24.4. The number of esters is 2. The summed E-state index contributed by atoms with van der Waals surface area (Å²) in [7, 11) is 0. The maximum absolute atomic E-state index is 12.4. The van der Waals surface area contributed by atoms with Crippen molar-refractivity contribution in [2.45, 2.75) is 104 Å². The summed E-state index contributed by atoms with van der Waals surface area (Å²) in [5.74, 6) is 1.97. The van der Waals surface area contributed by atoms with Crippen LogP contribution in [0.3, 0.4) is 0 Å². The minimum atomic E-state index is -4.43. The van der Waals surface area contributed by atoms with E-state index < -0.39 is 36.9 Å². The van der Waals surface area contributed by atoms with E-state index in [1.165, 1.54) is 0 Å². The largest absolute Gasteiger partial charge is 0.490 e. The van der Waals surface area contributed by atoms with Gasteiger partial charge in [0.05, 0.1) is 33.0 Å². The van der Waals surface area contributed by atoms with Gasteiger partial charge in [-0.1, -0.05) is 101 Å². The van der Waals surface area contributed by atoms with E-state index >= 15 is 0 Å². The topological polar surface area (TPSA) is 133 Å². The summed E-state index contributed by atoms with van der Waals surface area (Å²) in [5, 5.41) is 0. The highest BCUT2D eigenvalue weighted by atomic mass is 19.4. The maximum Gasteiger partial charge on any atom is 0.411 e. The molecule has 0 radical (unpaired) electrons. The zero-order valence-corrected chi connectivity index (χ0v) is 40.4. The molecule has 0 saturated carbocycles. The molecule has 2 fully saturated rings. The Morgan fingerprint density at radius 1 is 0.779 bits per heavy atom. The van der Waals surface area contributed by atoms with Gasteiger partial charge in [0.15, 0.2) is 6.10 Å². The zero-order chi connectivity index (χ0) is 49.3. The number of hydrogen-bond donors (Lipinski definition) is 0. The van der Waals surface area contributed by atoms with Crippen LogP contribution >= 0.6 is 0 Å². The molecule has 6 atom stereocenters. The van der Waals surface area contributed by atoms with Crippen molar-refractivity contribution < 1.29 is 70.1 Å². The Balaban J connectivity index is 0.000000305. The first-order valence-corrected chi connectivity index (χ1v) is 23.5. The van der Waals surface area contributed by atoms with Gasteiger partial charge in [0.2, 0.25) is 0 Å². The maximum atomic E-state index is 12.4. The van der Waals surface area contributed by atoms with Crippen LogP contribution in [0.5, 0.6) is 17.2 Å². The predicted octanol–water partition coefficient (Wildman–Crippen LogP) is 9.80. The molecule has 68 heavy (non-hydrogen) atoms. The highest BCUT2D eigenvalue weighted by molar-refractivity contribution is 5.87. The first kappa shape index (κ1) is 55.7. The third-order valence-corrected chi connectivity index (χ3v) is 10.8. The van der Waals surface area contributed by atoms with E-state index in [2.05, 4.69) is 40.0 Å². The Labute approximate surface area is 400 Å². The van der Waals surface area contributed by atoms with Crippen molar-refractivity contribution in [3.8, 4) is 17.2 Å². The fourth-order valence-corrected chi connectivity index (χ4v) is 7.00. The van der Waals surface area contributed by atoms with Crippen molar-refractivity contribution in [2.75, 3.05) is 72.7 Å². The van der Waals surface area contributed by atoms with E-state index in [0.29, 0.717) is 62.1 Å². The van der Waals surface area contributed by atoms with Gasteiger partial charge >= 0.3 is 18.1 Å². The molecule has 0 bridgehead atoms. The second-order valence-corrected chi connectivity index (χ2v) is 17.3. The van der Waals surface area contributed by atoms with E-state index in [9.17, 15) is 22.8 Å². The summed E-state index contributed by atoms with van der Waals surface area (Å²) in [4.78, 5) is 23.8. The van der Waals surface area contributed by atoms with Gasteiger partial charge in [-0.15, -0.1) is 0 Å². The number of epoxide rings is 2. The number of alkyl halides is 3. The molecular weight excluding hydrogens is 886 g/mol. The van der Waals surface area contributed by atoms with Crippen LogP contribution in [0.2, 0.25) is 0 Å². The molecule has 376 valence electrons. The molecule has 2 aliphatic rings. The molecule has 0 N–H and O–H groups in total. The van der Waals surface area contributed by atoms with Gasteiger partial charge in [-0.2, -0.15) is 13.2 Å². The SMILES string of the molecule is C=C(C)C(=O)OC(COCC(CC)CC(C)COCC1CO1)COc1ccccc1.C=CC(=O)OC(CCOCC(F)(F)F)COc1c(C)cccc1Cc1cccc(CCC)c1OCC1CO1. The van der Waals surface area contributed by atoms with Crippen LogP contribution in [-0.2, 0) is 55.6 Å². The van der Waals surface area contributed by atoms with Gasteiger partial charge in [-0.25, -0.2) is 9.59 Å². The minimum Gasteiger partial charge on any atom is -0.490 e. The lowest BCUT2D eigenvalue weighted by Gasteiger charge is -2.22. The van der Waals surface area contributed by atoms with Crippen molar-refractivity contribution in [1.29, 1.82) is 0 Å². The molecule has 0 aromatic heterocycles. The fraction of sp³-hybridized carbons (Fsp3) is 0.547. The Bertz CT molecular complexity index is 1970. The Morgan fingerprint density at radius 3 is 2.09 bits per heavy atom. The monoisotopic (exact) mass is 956 g/mol. The number of halogens is 3. The van der Waals surface area contributed by atoms with Crippen molar-refractivity contribution in [3.63, 3.8) is 0 Å². The molecule has 3 aromatic rings. The number of aryl methyl sites for hydroxylation is 2. The van der Waals surface area contributed by atoms with Gasteiger partial charge in [0, 0.05) is 37.7 Å². The summed E-state index contributed by atoms with van der Waals surface area (Å²) < 4.78 is 92.9. The third-order valence-electron chi connectivity index (χ3n) is 10.8. The van der Waals surface area contributed by atoms with Crippen LogP contribution in [-0.4, -0.2) is 115 Å². The normalized spacial score (nSPS) is 16.8. The lowest BCUT2D eigenvalue weighted by Crippen LogP contribution is -2.31. The molecule has 0 amide bonds. The van der Waals surface area contributed by atoms with Crippen LogP contribution in [0.1, 0.15) is 75.6 Å². The lowest BCUT2D eigenvalue weighted by atomic mass is 9.95. The van der Waals surface area contributed by atoms with Crippen molar-refractivity contribution in [3.05, 3.63) is 114 Å². The molecule has 15 heteroatoms. The molecule has 6 unspecified atom stereocenters. The van der Waals surface area contributed by atoms with Gasteiger partial charge < -0.3 is 47.4 Å². The number of benzene rings is 3. The van der Waals surface area contributed by atoms with E-state index in [1.807, 2.05) is 67.6 Å². The summed E-state index contributed by atoms with van der Waals surface area (Å²) in [5.41, 5.74) is 4.30. The second kappa shape index (κ2) is 29.8. The summed E-state index contributed by atoms with van der Waals surface area (Å²) in [6.45, 7) is 20.0. The van der Waals surface area contributed by atoms with E-state index in [-0.39, 0.29) is 39.0 Å². The molecule has 5 rings (SSSR count). The van der Waals surface area contributed by atoms with Gasteiger partial charge in [-0.05, 0) is 72.9 Å². The average molecular weight is 957 g/mol. The van der Waals surface area contributed by atoms with Crippen LogP contribution in [0.15, 0.2) is 91.5 Å². The molecule has 2 aliphatic heterocycles. The van der Waals surface area contributed by atoms with Gasteiger partial charge in [0.1, 0.15) is 62.0 Å². The van der Waals surface area contributed by atoms with Gasteiger partial charge in [0.25, 0.3) is 0 Å². The molecule has 0 aliphatic carbocycles. The van der Waals surface area contributed by atoms with Crippen molar-refractivity contribution in [1.82, 2.24) is 0 Å². The predicted molar refractivity (Wildman–Crippen MR) is 252 cm³/mol. The average Bonchev–Trinajstić information content (AvgIpc) is 4.26. The Morgan fingerprint density at radius 2 is 1.44 bits per heavy atom. The number of ether oxygens (including phenoxy) is 10. The highest BCUT2D eigenvalue weighted by Gasteiger charge is 2.28. The van der Waals surface area contributed by atoms with E-state index in [0.717, 1.165) is 78.7 Å². The second-order valence-electron chi connectivity index (χ2n) is 17.3. The van der Waals surface area contributed by atoms with Crippen molar-refractivity contribution in [2.24, 2.45) is 11.8 Å². The smallest absolute Gasteiger partial charge is 0.411 e. The first-order chi connectivity index (χ1) is 32.7. The van der Waals surface area contributed by atoms with Crippen LogP contribution in [0.25, 0.3) is 0 Å². The van der Waals surface area contributed by atoms with Crippen LogP contribution in [0.4, 0.5) is 13.2 Å². The number of para-hydroxylation sites is 3. The number of rotatable bonds is 32. The van der Waals surface area contributed by atoms with E-state index in [1.54, 1.807) is 6.92 Å². The molecule has 12 nitrogen and oxygen atoms in total.